The number of hydrogen-bond donors (Lipinski definition) is 3. The van der Waals surface area contributed by atoms with E-state index < -0.39 is 0 Å². The Labute approximate surface area is 140 Å². The first-order chi connectivity index (χ1) is 10.7. The van der Waals surface area contributed by atoms with Crippen LogP contribution in [0.3, 0.4) is 0 Å². The van der Waals surface area contributed by atoms with Crippen molar-refractivity contribution >= 4 is 11.7 Å². The normalized spacial score (nSPS) is 12.6. The molecule has 0 aliphatic carbocycles. The van der Waals surface area contributed by atoms with Crippen LogP contribution in [0.15, 0.2) is 24.3 Å². The molecule has 0 saturated heterocycles. The molecule has 0 heterocycles. The lowest BCUT2D eigenvalue weighted by molar-refractivity contribution is 0.191. The van der Waals surface area contributed by atoms with Gasteiger partial charge in [0.15, 0.2) is 0 Å². The second-order valence-electron chi connectivity index (χ2n) is 7.36. The van der Waals surface area contributed by atoms with Crippen molar-refractivity contribution in [3.8, 4) is 0 Å². The minimum Gasteiger partial charge on any atom is -0.394 e. The molecule has 0 bridgehead atoms. The fraction of sp³-hybridized carbons (Fsp3) is 0.611. The van der Waals surface area contributed by atoms with Crippen LogP contribution in [0.5, 0.6) is 0 Å². The highest BCUT2D eigenvalue weighted by Crippen LogP contribution is 2.20. The fourth-order valence-corrected chi connectivity index (χ4v) is 2.42. The fourth-order valence-electron chi connectivity index (χ4n) is 2.42. The van der Waals surface area contributed by atoms with Crippen molar-refractivity contribution in [2.24, 2.45) is 5.41 Å². The summed E-state index contributed by atoms with van der Waals surface area (Å²) in [6.07, 6.45) is 1.52. The monoisotopic (exact) mass is 321 g/mol. The summed E-state index contributed by atoms with van der Waals surface area (Å²) in [6.45, 7) is 6.80. The highest BCUT2D eigenvalue weighted by molar-refractivity contribution is 5.74. The highest BCUT2D eigenvalue weighted by atomic mass is 16.3. The highest BCUT2D eigenvalue weighted by Gasteiger charge is 2.19. The molecule has 1 aromatic rings. The van der Waals surface area contributed by atoms with Gasteiger partial charge in [-0.3, -0.25) is 0 Å². The van der Waals surface area contributed by atoms with E-state index in [0.717, 1.165) is 18.5 Å². The zero-order valence-electron chi connectivity index (χ0n) is 15.0. The predicted octanol–water partition coefficient (Wildman–Crippen LogP) is 2.39. The molecule has 5 heteroatoms. The van der Waals surface area contributed by atoms with Gasteiger partial charge in [0.25, 0.3) is 0 Å². The van der Waals surface area contributed by atoms with Crippen LogP contribution in [0, 0.1) is 5.41 Å². The molecule has 0 aliphatic heterocycles. The van der Waals surface area contributed by atoms with E-state index >= 15 is 0 Å². The molecular weight excluding hydrogens is 290 g/mol. The van der Waals surface area contributed by atoms with Gasteiger partial charge in [-0.05, 0) is 36.0 Å². The predicted molar refractivity (Wildman–Crippen MR) is 96.0 cm³/mol. The molecular formula is C18H31N3O2. The van der Waals surface area contributed by atoms with E-state index in [-0.39, 0.29) is 24.1 Å². The Morgan fingerprint density at radius 2 is 1.83 bits per heavy atom. The molecule has 0 aromatic heterocycles. The standard InChI is InChI=1S/C18H31N3O2/c1-18(2,3)12-15(13-22)20-17(23)19-11-10-14-6-8-16(9-7-14)21(4)5/h6-9,15,22H,10-13H2,1-5H3,(H2,19,20,23). The Bertz CT molecular complexity index is 478. The average Bonchev–Trinajstić information content (AvgIpc) is 2.45. The van der Waals surface area contributed by atoms with E-state index in [2.05, 4.69) is 60.6 Å². The van der Waals surface area contributed by atoms with Crippen molar-refractivity contribution in [2.75, 3.05) is 32.1 Å². The molecule has 130 valence electrons. The Morgan fingerprint density at radius 3 is 2.30 bits per heavy atom. The van der Waals surface area contributed by atoms with E-state index in [9.17, 15) is 9.90 Å². The van der Waals surface area contributed by atoms with Crippen molar-refractivity contribution in [3.63, 3.8) is 0 Å². The quantitative estimate of drug-likeness (QED) is 0.722. The van der Waals surface area contributed by atoms with Crippen LogP contribution in [0.25, 0.3) is 0 Å². The van der Waals surface area contributed by atoms with Crippen molar-refractivity contribution in [3.05, 3.63) is 29.8 Å². The molecule has 1 rings (SSSR count). The van der Waals surface area contributed by atoms with Gasteiger partial charge in [0.05, 0.1) is 12.6 Å². The van der Waals surface area contributed by atoms with Crippen molar-refractivity contribution in [2.45, 2.75) is 39.7 Å². The molecule has 23 heavy (non-hydrogen) atoms. The third-order valence-electron chi connectivity index (χ3n) is 3.57. The number of benzene rings is 1. The van der Waals surface area contributed by atoms with Gasteiger partial charge in [0.2, 0.25) is 0 Å². The van der Waals surface area contributed by atoms with Gasteiger partial charge in [-0.1, -0.05) is 32.9 Å². The summed E-state index contributed by atoms with van der Waals surface area (Å²) in [4.78, 5) is 13.9. The van der Waals surface area contributed by atoms with E-state index in [0.29, 0.717) is 6.54 Å². The lowest BCUT2D eigenvalue weighted by atomic mass is 9.88. The molecule has 0 fully saturated rings. The van der Waals surface area contributed by atoms with Crippen LogP contribution >= 0.6 is 0 Å². The lowest BCUT2D eigenvalue weighted by Gasteiger charge is -2.25. The molecule has 0 saturated carbocycles. The molecule has 1 unspecified atom stereocenters. The largest absolute Gasteiger partial charge is 0.394 e. The van der Waals surface area contributed by atoms with Crippen LogP contribution in [-0.4, -0.2) is 44.4 Å². The third-order valence-corrected chi connectivity index (χ3v) is 3.57. The minimum absolute atomic E-state index is 0.0450. The summed E-state index contributed by atoms with van der Waals surface area (Å²) in [7, 11) is 4.02. The van der Waals surface area contributed by atoms with Crippen LogP contribution in [0.4, 0.5) is 10.5 Å². The summed E-state index contributed by atoms with van der Waals surface area (Å²) < 4.78 is 0. The van der Waals surface area contributed by atoms with Crippen LogP contribution in [0.2, 0.25) is 0 Å². The van der Waals surface area contributed by atoms with E-state index in [4.69, 9.17) is 0 Å². The second-order valence-corrected chi connectivity index (χ2v) is 7.36. The first-order valence-electron chi connectivity index (χ1n) is 8.13. The van der Waals surface area contributed by atoms with E-state index in [1.165, 1.54) is 5.56 Å². The summed E-state index contributed by atoms with van der Waals surface area (Å²) in [5, 5.41) is 15.0. The smallest absolute Gasteiger partial charge is 0.315 e. The summed E-state index contributed by atoms with van der Waals surface area (Å²) >= 11 is 0. The van der Waals surface area contributed by atoms with Gasteiger partial charge in [-0.15, -0.1) is 0 Å². The molecule has 1 atom stereocenters. The van der Waals surface area contributed by atoms with Crippen molar-refractivity contribution < 1.29 is 9.90 Å². The van der Waals surface area contributed by atoms with E-state index in [1.54, 1.807) is 0 Å². The maximum absolute atomic E-state index is 11.9. The Balaban J connectivity index is 2.35. The van der Waals surface area contributed by atoms with E-state index in [1.807, 2.05) is 14.1 Å². The molecule has 0 spiro atoms. The number of amides is 2. The number of carbonyl (C=O) groups excluding carboxylic acids is 1. The van der Waals surface area contributed by atoms with Crippen LogP contribution in [-0.2, 0) is 6.42 Å². The van der Waals surface area contributed by atoms with Gasteiger partial charge in [0.1, 0.15) is 0 Å². The van der Waals surface area contributed by atoms with Crippen molar-refractivity contribution in [1.29, 1.82) is 0 Å². The zero-order valence-corrected chi connectivity index (χ0v) is 15.0. The summed E-state index contributed by atoms with van der Waals surface area (Å²) in [5.41, 5.74) is 2.41. The summed E-state index contributed by atoms with van der Waals surface area (Å²) in [6, 6.07) is 7.85. The number of nitrogens with one attached hydrogen (secondary N) is 2. The molecule has 0 radical (unpaired) electrons. The van der Waals surface area contributed by atoms with Crippen LogP contribution < -0.4 is 15.5 Å². The number of aliphatic hydroxyl groups excluding tert-OH is 1. The number of hydrogen-bond acceptors (Lipinski definition) is 3. The lowest BCUT2D eigenvalue weighted by Crippen LogP contribution is -2.45. The molecule has 3 N–H and O–H groups in total. The molecule has 1 aromatic carbocycles. The van der Waals surface area contributed by atoms with Gasteiger partial charge in [0, 0.05) is 26.3 Å². The Kier molecular flexibility index (Phi) is 7.36. The van der Waals surface area contributed by atoms with Gasteiger partial charge >= 0.3 is 6.03 Å². The average molecular weight is 321 g/mol. The molecule has 0 aliphatic rings. The SMILES string of the molecule is CN(C)c1ccc(CCNC(=O)NC(CO)CC(C)(C)C)cc1. The second kappa shape index (κ2) is 8.77. The summed E-state index contributed by atoms with van der Waals surface area (Å²) in [5.74, 6) is 0. The molecule has 2 amide bonds. The first kappa shape index (κ1) is 19.3. The number of nitrogens with zero attached hydrogens (tertiary/aromatic N) is 1. The third kappa shape index (κ3) is 7.88. The van der Waals surface area contributed by atoms with Gasteiger partial charge < -0.3 is 20.6 Å². The number of carbonyl (C=O) groups is 1. The van der Waals surface area contributed by atoms with Crippen molar-refractivity contribution in [1.82, 2.24) is 10.6 Å². The topological polar surface area (TPSA) is 64.6 Å². The Hall–Kier alpha value is -1.75. The minimum atomic E-state index is -0.224. The number of aliphatic hydroxyl groups is 1. The maximum Gasteiger partial charge on any atom is 0.315 e. The van der Waals surface area contributed by atoms with Gasteiger partial charge in [-0.2, -0.15) is 0 Å². The number of anilines is 1. The number of rotatable bonds is 7. The number of urea groups is 1. The first-order valence-corrected chi connectivity index (χ1v) is 8.13. The zero-order chi connectivity index (χ0) is 17.5. The maximum atomic E-state index is 11.9. The molecule has 5 nitrogen and oxygen atoms in total. The Morgan fingerprint density at radius 1 is 1.22 bits per heavy atom. The van der Waals surface area contributed by atoms with Gasteiger partial charge in [-0.25, -0.2) is 4.79 Å². The van der Waals surface area contributed by atoms with Crippen LogP contribution in [0.1, 0.15) is 32.8 Å².